The Hall–Kier alpha value is -3.51. The lowest BCUT2D eigenvalue weighted by molar-refractivity contribution is -0.124. The Morgan fingerprint density at radius 1 is 0.968 bits per heavy atom. The van der Waals surface area contributed by atoms with Gasteiger partial charge in [0.15, 0.2) is 0 Å². The minimum atomic E-state index is -0.687. The van der Waals surface area contributed by atoms with E-state index in [0.29, 0.717) is 0 Å². The first-order chi connectivity index (χ1) is 14.9. The van der Waals surface area contributed by atoms with Crippen LogP contribution in [0.5, 0.6) is 0 Å². The van der Waals surface area contributed by atoms with Crippen molar-refractivity contribution in [1.29, 1.82) is 0 Å². The molecule has 0 saturated carbocycles. The maximum Gasteiger partial charge on any atom is 0.234 e. The number of hydrogen-bond acceptors (Lipinski definition) is 3. The molecular formula is C25H23FN4O. The number of hydrogen-bond donors (Lipinski definition) is 1. The number of nitrogens with zero attached hydrogens (tertiary/aromatic N) is 3. The van der Waals surface area contributed by atoms with Gasteiger partial charge in [-0.3, -0.25) is 4.79 Å². The molecule has 1 unspecified atom stereocenters. The molecule has 1 fully saturated rings. The van der Waals surface area contributed by atoms with Gasteiger partial charge in [-0.15, -0.1) is 0 Å². The SMILES string of the molecule is CC1(C)C(=O)N(c2ccc3c(cnn3-c3ccc(F)cc3)c2)[C@@H](c2ccccc2)C1N. The lowest BCUT2D eigenvalue weighted by Crippen LogP contribution is -2.38. The molecule has 1 amide bonds. The third-order valence-electron chi connectivity index (χ3n) is 6.26. The van der Waals surface area contributed by atoms with Crippen LogP contribution in [0.2, 0.25) is 0 Å². The number of halogens is 1. The number of amides is 1. The van der Waals surface area contributed by atoms with Crippen molar-refractivity contribution < 1.29 is 9.18 Å². The monoisotopic (exact) mass is 414 g/mol. The van der Waals surface area contributed by atoms with Crippen LogP contribution in [-0.2, 0) is 4.79 Å². The first-order valence-corrected chi connectivity index (χ1v) is 10.3. The van der Waals surface area contributed by atoms with E-state index in [-0.39, 0.29) is 23.8 Å². The molecule has 3 aromatic carbocycles. The number of carbonyl (C=O) groups is 1. The maximum absolute atomic E-state index is 13.4. The van der Waals surface area contributed by atoms with Crippen LogP contribution in [0, 0.1) is 11.2 Å². The zero-order valence-corrected chi connectivity index (χ0v) is 17.4. The molecule has 0 bridgehead atoms. The fourth-order valence-electron chi connectivity index (χ4n) is 4.38. The van der Waals surface area contributed by atoms with Crippen molar-refractivity contribution in [3.05, 3.63) is 90.4 Å². The number of anilines is 1. The number of benzene rings is 3. The number of rotatable bonds is 3. The molecule has 1 aliphatic heterocycles. The van der Waals surface area contributed by atoms with Gasteiger partial charge >= 0.3 is 0 Å². The van der Waals surface area contributed by atoms with Crippen LogP contribution >= 0.6 is 0 Å². The molecule has 2 atom stereocenters. The van der Waals surface area contributed by atoms with Gasteiger partial charge in [-0.05, 0) is 61.9 Å². The Morgan fingerprint density at radius 3 is 2.35 bits per heavy atom. The number of nitrogens with two attached hydrogens (primary N) is 1. The molecule has 156 valence electrons. The summed E-state index contributed by atoms with van der Waals surface area (Å²) in [5, 5.41) is 5.36. The fraction of sp³-hybridized carbons (Fsp3) is 0.200. The van der Waals surface area contributed by atoms with Gasteiger partial charge in [0.1, 0.15) is 5.82 Å². The molecule has 4 aromatic rings. The Labute approximate surface area is 179 Å². The van der Waals surface area contributed by atoms with Gasteiger partial charge in [-0.25, -0.2) is 9.07 Å². The summed E-state index contributed by atoms with van der Waals surface area (Å²) in [6, 6.07) is 21.3. The van der Waals surface area contributed by atoms with Crippen molar-refractivity contribution in [2.75, 3.05) is 4.90 Å². The molecule has 2 N–H and O–H groups in total. The standard InChI is InChI=1S/C25H23FN4O/c1-25(2)23(27)22(16-6-4-3-5-7-16)29(24(25)31)20-12-13-21-17(14-20)15-28-30(21)19-10-8-18(26)9-11-19/h3-15,22-23H,27H2,1-2H3/t22-,23?/m0/s1. The molecular weight excluding hydrogens is 391 g/mol. The topological polar surface area (TPSA) is 64.2 Å². The highest BCUT2D eigenvalue weighted by atomic mass is 19.1. The second-order valence-corrected chi connectivity index (χ2v) is 8.55. The van der Waals surface area contributed by atoms with Crippen LogP contribution in [0.15, 0.2) is 79.0 Å². The summed E-state index contributed by atoms with van der Waals surface area (Å²) in [5.41, 5.74) is 9.36. The minimum absolute atomic E-state index is 0.000806. The highest BCUT2D eigenvalue weighted by Crippen LogP contribution is 2.45. The van der Waals surface area contributed by atoms with Gasteiger partial charge in [0.2, 0.25) is 5.91 Å². The van der Waals surface area contributed by atoms with Crippen molar-refractivity contribution in [3.63, 3.8) is 0 Å². The normalized spacial score (nSPS) is 20.5. The van der Waals surface area contributed by atoms with E-state index >= 15 is 0 Å². The van der Waals surface area contributed by atoms with Crippen LogP contribution in [-0.4, -0.2) is 21.7 Å². The predicted molar refractivity (Wildman–Crippen MR) is 119 cm³/mol. The Morgan fingerprint density at radius 2 is 1.65 bits per heavy atom. The van der Waals surface area contributed by atoms with Gasteiger partial charge < -0.3 is 10.6 Å². The van der Waals surface area contributed by atoms with E-state index in [4.69, 9.17) is 5.73 Å². The van der Waals surface area contributed by atoms with E-state index in [1.54, 1.807) is 23.0 Å². The van der Waals surface area contributed by atoms with Gasteiger partial charge in [-0.2, -0.15) is 5.10 Å². The third-order valence-corrected chi connectivity index (χ3v) is 6.26. The number of aromatic nitrogens is 2. The van der Waals surface area contributed by atoms with E-state index in [1.807, 2.05) is 67.3 Å². The second kappa shape index (κ2) is 7.03. The highest BCUT2D eigenvalue weighted by molar-refractivity contribution is 6.03. The molecule has 1 saturated heterocycles. The molecule has 5 nitrogen and oxygen atoms in total. The van der Waals surface area contributed by atoms with E-state index in [2.05, 4.69) is 5.10 Å². The summed E-state index contributed by atoms with van der Waals surface area (Å²) in [6.45, 7) is 3.81. The Kier molecular flexibility index (Phi) is 4.41. The van der Waals surface area contributed by atoms with Crippen LogP contribution in [0.25, 0.3) is 16.6 Å². The first kappa shape index (κ1) is 19.5. The average Bonchev–Trinajstić information content (AvgIpc) is 3.27. The Bertz CT molecular complexity index is 1260. The first-order valence-electron chi connectivity index (χ1n) is 10.3. The van der Waals surface area contributed by atoms with Crippen molar-refractivity contribution >= 4 is 22.5 Å². The summed E-state index contributed by atoms with van der Waals surface area (Å²) < 4.78 is 15.1. The third kappa shape index (κ3) is 3.02. The lowest BCUT2D eigenvalue weighted by atomic mass is 9.83. The quantitative estimate of drug-likeness (QED) is 0.533. The summed E-state index contributed by atoms with van der Waals surface area (Å²) in [6.07, 6.45) is 1.76. The van der Waals surface area contributed by atoms with Crippen molar-refractivity contribution in [2.24, 2.45) is 11.1 Å². The summed E-state index contributed by atoms with van der Waals surface area (Å²) >= 11 is 0. The molecule has 2 heterocycles. The molecule has 0 radical (unpaired) electrons. The largest absolute Gasteiger partial charge is 0.325 e. The van der Waals surface area contributed by atoms with Crippen LogP contribution < -0.4 is 10.6 Å². The Balaban J connectivity index is 1.60. The molecule has 0 spiro atoms. The molecule has 5 rings (SSSR count). The van der Waals surface area contributed by atoms with E-state index in [1.165, 1.54) is 12.1 Å². The summed E-state index contributed by atoms with van der Waals surface area (Å²) in [5.74, 6) is -0.292. The van der Waals surface area contributed by atoms with Gasteiger partial charge in [0.05, 0.1) is 28.9 Å². The molecule has 1 aliphatic rings. The molecule has 6 heteroatoms. The average molecular weight is 414 g/mol. The maximum atomic E-state index is 13.4. The van der Waals surface area contributed by atoms with Crippen molar-refractivity contribution in [1.82, 2.24) is 9.78 Å². The molecule has 1 aromatic heterocycles. The van der Waals surface area contributed by atoms with Gasteiger partial charge in [0, 0.05) is 17.1 Å². The zero-order chi connectivity index (χ0) is 21.8. The zero-order valence-electron chi connectivity index (χ0n) is 17.4. The van der Waals surface area contributed by atoms with Gasteiger partial charge in [-0.1, -0.05) is 30.3 Å². The van der Waals surface area contributed by atoms with Crippen LogP contribution in [0.4, 0.5) is 10.1 Å². The second-order valence-electron chi connectivity index (χ2n) is 8.55. The smallest absolute Gasteiger partial charge is 0.234 e. The lowest BCUT2D eigenvalue weighted by Gasteiger charge is -2.27. The number of fused-ring (bicyclic) bond motifs is 1. The molecule has 0 aliphatic carbocycles. The van der Waals surface area contributed by atoms with Crippen LogP contribution in [0.1, 0.15) is 25.5 Å². The summed E-state index contributed by atoms with van der Waals surface area (Å²) in [4.78, 5) is 15.2. The predicted octanol–water partition coefficient (Wildman–Crippen LogP) is 4.61. The van der Waals surface area contributed by atoms with Crippen molar-refractivity contribution in [3.8, 4) is 5.69 Å². The highest BCUT2D eigenvalue weighted by Gasteiger charge is 2.53. The number of carbonyl (C=O) groups excluding carboxylic acids is 1. The van der Waals surface area contributed by atoms with E-state index in [9.17, 15) is 9.18 Å². The van der Waals surface area contributed by atoms with E-state index < -0.39 is 5.41 Å². The summed E-state index contributed by atoms with van der Waals surface area (Å²) in [7, 11) is 0. The van der Waals surface area contributed by atoms with E-state index in [0.717, 1.165) is 27.8 Å². The van der Waals surface area contributed by atoms with Crippen LogP contribution in [0.3, 0.4) is 0 Å². The van der Waals surface area contributed by atoms with Gasteiger partial charge in [0.25, 0.3) is 0 Å². The minimum Gasteiger partial charge on any atom is -0.325 e. The fourth-order valence-corrected chi connectivity index (χ4v) is 4.38. The van der Waals surface area contributed by atoms with Crippen molar-refractivity contribution in [2.45, 2.75) is 25.9 Å². The molecule has 31 heavy (non-hydrogen) atoms.